The Morgan fingerprint density at radius 2 is 1.33 bits per heavy atom. The molecule has 0 saturated carbocycles. The lowest BCUT2D eigenvalue weighted by Crippen LogP contribution is -2.57. The van der Waals surface area contributed by atoms with E-state index in [-0.39, 0.29) is 37.7 Å². The van der Waals surface area contributed by atoms with Crippen molar-refractivity contribution in [2.24, 2.45) is 33.8 Å². The number of carbonyl (C=O) groups is 5. The van der Waals surface area contributed by atoms with E-state index in [9.17, 15) is 34.2 Å². The van der Waals surface area contributed by atoms with Crippen LogP contribution in [-0.4, -0.2) is 83.1 Å². The van der Waals surface area contributed by atoms with Crippen LogP contribution in [0.3, 0.4) is 0 Å². The van der Waals surface area contributed by atoms with E-state index in [1.807, 2.05) is 0 Å². The highest BCUT2D eigenvalue weighted by Gasteiger charge is 2.31. The molecule has 4 unspecified atom stereocenters. The van der Waals surface area contributed by atoms with Crippen LogP contribution in [0.5, 0.6) is 0 Å². The summed E-state index contributed by atoms with van der Waals surface area (Å²) in [5.41, 5.74) is 21.8. The minimum atomic E-state index is -1.60. The molecule has 0 aromatic rings. The average molecular weight is 517 g/mol. The Hall–Kier alpha value is -3.46. The Labute approximate surface area is 209 Å². The number of carbonyl (C=O) groups excluding carboxylic acids is 3. The summed E-state index contributed by atoms with van der Waals surface area (Å²) in [5.74, 6) is -5.53. The van der Waals surface area contributed by atoms with Crippen molar-refractivity contribution in [3.05, 3.63) is 0 Å². The van der Waals surface area contributed by atoms with Crippen molar-refractivity contribution in [3.8, 4) is 0 Å². The fraction of sp³-hybridized carbons (Fsp3) is 0.714. The smallest absolute Gasteiger partial charge is 0.326 e. The zero-order valence-electron chi connectivity index (χ0n) is 20.7. The Balaban J connectivity index is 5.49. The van der Waals surface area contributed by atoms with Gasteiger partial charge in [0.25, 0.3) is 0 Å². The first-order valence-electron chi connectivity index (χ1n) is 11.7. The molecule has 3 amide bonds. The molecule has 0 aromatic carbocycles. The van der Waals surface area contributed by atoms with Gasteiger partial charge < -0.3 is 49.1 Å². The quantitative estimate of drug-likeness (QED) is 0.0508. The molecule has 0 aromatic heterocycles. The first-order valence-corrected chi connectivity index (χ1v) is 11.7. The minimum Gasteiger partial charge on any atom is -0.481 e. The largest absolute Gasteiger partial charge is 0.481 e. The van der Waals surface area contributed by atoms with E-state index >= 15 is 0 Å². The van der Waals surface area contributed by atoms with Gasteiger partial charge in [0.1, 0.15) is 18.1 Å². The van der Waals surface area contributed by atoms with Gasteiger partial charge in [0.15, 0.2) is 5.96 Å². The molecule has 15 heteroatoms. The van der Waals surface area contributed by atoms with Crippen LogP contribution in [0, 0.1) is 5.92 Å². The third-order valence-electron chi connectivity index (χ3n) is 5.17. The van der Waals surface area contributed by atoms with Gasteiger partial charge in [0.2, 0.25) is 17.7 Å². The molecule has 0 aliphatic heterocycles. The monoisotopic (exact) mass is 516 g/mol. The summed E-state index contributed by atoms with van der Waals surface area (Å²) in [6.45, 7) is 3.95. The van der Waals surface area contributed by atoms with Gasteiger partial charge in [-0.15, -0.1) is 0 Å². The molecule has 0 saturated heterocycles. The topological polar surface area (TPSA) is 278 Å². The second-order valence-corrected chi connectivity index (χ2v) is 8.62. The van der Waals surface area contributed by atoms with Gasteiger partial charge >= 0.3 is 11.9 Å². The van der Waals surface area contributed by atoms with Gasteiger partial charge in [-0.3, -0.25) is 24.2 Å². The van der Waals surface area contributed by atoms with E-state index in [0.29, 0.717) is 19.4 Å². The second kappa shape index (κ2) is 17.0. The molecule has 0 fully saturated rings. The minimum absolute atomic E-state index is 0.0452. The Morgan fingerprint density at radius 3 is 1.83 bits per heavy atom. The molecule has 13 N–H and O–H groups in total. The molecule has 0 radical (unpaired) electrons. The number of hydrogen-bond donors (Lipinski definition) is 9. The molecule has 206 valence electrons. The van der Waals surface area contributed by atoms with Gasteiger partial charge in [0.05, 0.1) is 12.5 Å². The maximum atomic E-state index is 12.9. The highest BCUT2D eigenvalue weighted by atomic mass is 16.4. The standard InChI is InChI=1S/C21H40N8O7/c1-11(2)16(23)19(34)27-12(6-3-4-8-22)17(32)29-14(10-15(30)31)18(33)28-13(20(35)36)7-5-9-26-21(24)25/h11-14,16H,3-10,22-23H2,1-2H3,(H,27,34)(H,28,33)(H,29,32)(H,30,31)(H,35,36)(H4,24,25,26). The van der Waals surface area contributed by atoms with Crippen LogP contribution >= 0.6 is 0 Å². The van der Waals surface area contributed by atoms with Crippen LogP contribution in [0.15, 0.2) is 4.99 Å². The molecule has 0 aliphatic carbocycles. The van der Waals surface area contributed by atoms with Crippen LogP contribution in [0.1, 0.15) is 52.4 Å². The van der Waals surface area contributed by atoms with E-state index in [1.165, 1.54) is 0 Å². The summed E-state index contributed by atoms with van der Waals surface area (Å²) >= 11 is 0. The van der Waals surface area contributed by atoms with E-state index in [4.69, 9.17) is 22.9 Å². The number of aliphatic carboxylic acids is 2. The summed E-state index contributed by atoms with van der Waals surface area (Å²) in [7, 11) is 0. The number of rotatable bonds is 18. The predicted molar refractivity (Wildman–Crippen MR) is 131 cm³/mol. The highest BCUT2D eigenvalue weighted by molar-refractivity contribution is 5.95. The number of hydrogen-bond acceptors (Lipinski definition) is 8. The number of carboxylic acids is 2. The van der Waals surface area contributed by atoms with E-state index < -0.39 is 60.2 Å². The lowest BCUT2D eigenvalue weighted by atomic mass is 10.0. The fourth-order valence-corrected chi connectivity index (χ4v) is 3.02. The second-order valence-electron chi connectivity index (χ2n) is 8.62. The van der Waals surface area contributed by atoms with Crippen molar-refractivity contribution < 1.29 is 34.2 Å². The Kier molecular flexibility index (Phi) is 15.4. The summed E-state index contributed by atoms with van der Waals surface area (Å²) in [6, 6.07) is -4.96. The van der Waals surface area contributed by atoms with Gasteiger partial charge in [-0.1, -0.05) is 13.8 Å². The number of nitrogens with one attached hydrogen (secondary N) is 3. The lowest BCUT2D eigenvalue weighted by molar-refractivity contribution is -0.143. The van der Waals surface area contributed by atoms with Gasteiger partial charge in [-0.2, -0.15) is 0 Å². The number of aliphatic imine (C=N–C) groups is 1. The first kappa shape index (κ1) is 32.5. The number of nitrogens with two attached hydrogens (primary N) is 4. The molecule has 0 heterocycles. The summed E-state index contributed by atoms with van der Waals surface area (Å²) in [6.07, 6.45) is 0.566. The molecule has 0 aliphatic rings. The van der Waals surface area contributed by atoms with Gasteiger partial charge in [0, 0.05) is 6.54 Å². The van der Waals surface area contributed by atoms with E-state index in [2.05, 4.69) is 20.9 Å². The molecule has 36 heavy (non-hydrogen) atoms. The molecule has 15 nitrogen and oxygen atoms in total. The first-order chi connectivity index (χ1) is 16.8. The van der Waals surface area contributed by atoms with Crippen LogP contribution in [0.25, 0.3) is 0 Å². The van der Waals surface area contributed by atoms with Crippen molar-refractivity contribution in [1.82, 2.24) is 16.0 Å². The van der Waals surface area contributed by atoms with Crippen molar-refractivity contribution in [1.29, 1.82) is 0 Å². The molecule has 0 bridgehead atoms. The van der Waals surface area contributed by atoms with Crippen molar-refractivity contribution in [2.45, 2.75) is 76.5 Å². The van der Waals surface area contributed by atoms with Crippen LogP contribution in [0.2, 0.25) is 0 Å². The van der Waals surface area contributed by atoms with Crippen LogP contribution < -0.4 is 38.9 Å². The SMILES string of the molecule is CC(C)C(N)C(=O)NC(CCCCN)C(=O)NC(CC(=O)O)C(=O)NC(CCCN=C(N)N)C(=O)O. The predicted octanol–water partition coefficient (Wildman–Crippen LogP) is -2.83. The molecule has 4 atom stereocenters. The summed E-state index contributed by atoms with van der Waals surface area (Å²) in [4.78, 5) is 64.7. The number of unbranched alkanes of at least 4 members (excludes halogenated alkanes) is 1. The van der Waals surface area contributed by atoms with Crippen molar-refractivity contribution >= 4 is 35.6 Å². The normalized spacial score (nSPS) is 14.1. The van der Waals surface area contributed by atoms with Crippen molar-refractivity contribution in [3.63, 3.8) is 0 Å². The Bertz CT molecular complexity index is 786. The number of nitrogens with zero attached hydrogens (tertiary/aromatic N) is 1. The molecular formula is C21H40N8O7. The fourth-order valence-electron chi connectivity index (χ4n) is 3.02. The number of carboxylic acid groups (broad SMARTS) is 2. The maximum Gasteiger partial charge on any atom is 0.326 e. The van der Waals surface area contributed by atoms with Crippen LogP contribution in [0.4, 0.5) is 0 Å². The molecule has 0 rings (SSSR count). The lowest BCUT2D eigenvalue weighted by Gasteiger charge is -2.25. The molecular weight excluding hydrogens is 476 g/mol. The Morgan fingerprint density at radius 1 is 0.806 bits per heavy atom. The number of amides is 3. The van der Waals surface area contributed by atoms with Gasteiger partial charge in [-0.05, 0) is 44.6 Å². The zero-order valence-corrected chi connectivity index (χ0v) is 20.7. The van der Waals surface area contributed by atoms with E-state index in [1.54, 1.807) is 13.8 Å². The average Bonchev–Trinajstić information content (AvgIpc) is 2.78. The van der Waals surface area contributed by atoms with E-state index in [0.717, 1.165) is 0 Å². The third-order valence-corrected chi connectivity index (χ3v) is 5.17. The van der Waals surface area contributed by atoms with Crippen molar-refractivity contribution in [2.75, 3.05) is 13.1 Å². The van der Waals surface area contributed by atoms with Gasteiger partial charge in [-0.25, -0.2) is 4.79 Å². The summed E-state index contributed by atoms with van der Waals surface area (Å²) in [5, 5.41) is 25.7. The maximum absolute atomic E-state index is 12.9. The highest BCUT2D eigenvalue weighted by Crippen LogP contribution is 2.06. The third kappa shape index (κ3) is 13.4. The zero-order chi connectivity index (χ0) is 27.8. The molecule has 0 spiro atoms. The van der Waals surface area contributed by atoms with Crippen LogP contribution in [-0.2, 0) is 24.0 Å². The summed E-state index contributed by atoms with van der Waals surface area (Å²) < 4.78 is 0. The number of guanidine groups is 1.